The Morgan fingerprint density at radius 3 is 3.08 bits per heavy atom. The molecular formula is C19H24N4O3. The molecule has 2 heterocycles. The van der Waals surface area contributed by atoms with E-state index in [0.29, 0.717) is 24.8 Å². The summed E-state index contributed by atoms with van der Waals surface area (Å²) in [5.74, 6) is 1.21. The van der Waals surface area contributed by atoms with Gasteiger partial charge in [-0.1, -0.05) is 18.2 Å². The van der Waals surface area contributed by atoms with Crippen LogP contribution >= 0.6 is 0 Å². The third kappa shape index (κ3) is 4.84. The van der Waals surface area contributed by atoms with Crippen LogP contribution in [0.25, 0.3) is 0 Å². The number of piperidine rings is 1. The molecule has 1 aliphatic heterocycles. The lowest BCUT2D eigenvalue weighted by molar-refractivity contribution is 0.137. The predicted molar refractivity (Wildman–Crippen MR) is 98.1 cm³/mol. The van der Waals surface area contributed by atoms with E-state index in [1.54, 1.807) is 0 Å². The summed E-state index contributed by atoms with van der Waals surface area (Å²) in [5, 5.41) is 2.83. The van der Waals surface area contributed by atoms with Crippen molar-refractivity contribution in [1.82, 2.24) is 20.2 Å². The third-order valence-corrected chi connectivity index (χ3v) is 4.53. The van der Waals surface area contributed by atoms with E-state index in [-0.39, 0.29) is 18.1 Å². The summed E-state index contributed by atoms with van der Waals surface area (Å²) < 4.78 is 5.94. The molecule has 26 heavy (non-hydrogen) atoms. The fourth-order valence-electron chi connectivity index (χ4n) is 3.10. The number of nitrogens with one attached hydrogen (secondary N) is 2. The van der Waals surface area contributed by atoms with E-state index in [1.165, 1.54) is 12.4 Å². The quantitative estimate of drug-likeness (QED) is 0.859. The minimum absolute atomic E-state index is 0.132. The van der Waals surface area contributed by atoms with Crippen LogP contribution in [-0.4, -0.2) is 40.6 Å². The Bertz CT molecular complexity index is 805. The van der Waals surface area contributed by atoms with Gasteiger partial charge in [0.15, 0.2) is 0 Å². The number of nitrogens with zero attached hydrogens (tertiary/aromatic N) is 2. The zero-order chi connectivity index (χ0) is 18.4. The molecule has 2 N–H and O–H groups in total. The lowest BCUT2D eigenvalue weighted by atomic mass is 9.99. The number of carbonyl (C=O) groups excluding carboxylic acids is 1. The standard InChI is InChI=1S/C19H24N4O3/c1-14-5-2-3-7-17(14)26-12-15-6-4-8-23(11-15)19(25)20-10-16-9-18(24)22-13-21-16/h2-3,5,7,9,13,15H,4,6,8,10-12H2,1H3,(H,20,25)(H,21,22,24)/t15-/m1/s1. The van der Waals surface area contributed by atoms with E-state index in [0.717, 1.165) is 30.7 Å². The minimum Gasteiger partial charge on any atom is -0.493 e. The molecule has 0 bridgehead atoms. The first kappa shape index (κ1) is 18.0. The van der Waals surface area contributed by atoms with Crippen molar-refractivity contribution in [3.8, 4) is 5.75 Å². The molecule has 138 valence electrons. The summed E-state index contributed by atoms with van der Waals surface area (Å²) in [6, 6.07) is 9.20. The van der Waals surface area contributed by atoms with Crippen LogP contribution < -0.4 is 15.6 Å². The Kier molecular flexibility index (Phi) is 5.88. The van der Waals surface area contributed by atoms with Crippen LogP contribution in [0.5, 0.6) is 5.75 Å². The van der Waals surface area contributed by atoms with Crippen molar-refractivity contribution in [1.29, 1.82) is 0 Å². The van der Waals surface area contributed by atoms with Gasteiger partial charge < -0.3 is 19.9 Å². The van der Waals surface area contributed by atoms with Crippen molar-refractivity contribution in [3.63, 3.8) is 0 Å². The topological polar surface area (TPSA) is 87.3 Å². The molecule has 0 unspecified atom stereocenters. The Balaban J connectivity index is 1.48. The molecule has 0 saturated carbocycles. The number of carbonyl (C=O) groups is 1. The van der Waals surface area contributed by atoms with Gasteiger partial charge in [0.1, 0.15) is 5.75 Å². The van der Waals surface area contributed by atoms with Gasteiger partial charge in [-0.25, -0.2) is 9.78 Å². The molecule has 2 aromatic rings. The van der Waals surface area contributed by atoms with Crippen molar-refractivity contribution in [2.24, 2.45) is 5.92 Å². The van der Waals surface area contributed by atoms with Crippen LogP contribution in [0.1, 0.15) is 24.1 Å². The summed E-state index contributed by atoms with van der Waals surface area (Å²) in [4.78, 5) is 31.9. The van der Waals surface area contributed by atoms with Gasteiger partial charge >= 0.3 is 6.03 Å². The number of amides is 2. The first-order valence-corrected chi connectivity index (χ1v) is 8.86. The molecule has 0 spiro atoms. The van der Waals surface area contributed by atoms with Gasteiger partial charge in [0.05, 0.1) is 25.2 Å². The van der Waals surface area contributed by atoms with E-state index in [9.17, 15) is 9.59 Å². The maximum atomic E-state index is 12.4. The van der Waals surface area contributed by atoms with Crippen molar-refractivity contribution >= 4 is 6.03 Å². The summed E-state index contributed by atoms with van der Waals surface area (Å²) >= 11 is 0. The van der Waals surface area contributed by atoms with Crippen LogP contribution in [0.4, 0.5) is 4.79 Å². The lowest BCUT2D eigenvalue weighted by Crippen LogP contribution is -2.46. The summed E-state index contributed by atoms with van der Waals surface area (Å²) in [7, 11) is 0. The summed E-state index contributed by atoms with van der Waals surface area (Å²) in [6.07, 6.45) is 3.34. The van der Waals surface area contributed by atoms with E-state index in [1.807, 2.05) is 36.1 Å². The number of hydrogen-bond donors (Lipinski definition) is 2. The molecule has 1 fully saturated rings. The largest absolute Gasteiger partial charge is 0.493 e. The molecule has 3 rings (SSSR count). The Hall–Kier alpha value is -2.83. The zero-order valence-corrected chi connectivity index (χ0v) is 14.9. The second-order valence-electron chi connectivity index (χ2n) is 6.59. The first-order valence-electron chi connectivity index (χ1n) is 8.86. The van der Waals surface area contributed by atoms with Crippen LogP contribution in [-0.2, 0) is 6.54 Å². The third-order valence-electron chi connectivity index (χ3n) is 4.53. The maximum absolute atomic E-state index is 12.4. The summed E-state index contributed by atoms with van der Waals surface area (Å²) in [6.45, 7) is 4.27. The number of aryl methyl sites for hydroxylation is 1. The Morgan fingerprint density at radius 1 is 1.42 bits per heavy atom. The molecule has 1 aliphatic rings. The predicted octanol–water partition coefficient (Wildman–Crippen LogP) is 2.08. The van der Waals surface area contributed by atoms with Crippen LogP contribution in [0.2, 0.25) is 0 Å². The number of hydrogen-bond acceptors (Lipinski definition) is 4. The second kappa shape index (κ2) is 8.51. The number of aromatic nitrogens is 2. The van der Waals surface area contributed by atoms with Gasteiger partial charge in [-0.15, -0.1) is 0 Å². The summed E-state index contributed by atoms with van der Waals surface area (Å²) in [5.41, 5.74) is 1.43. The average molecular weight is 356 g/mol. The molecule has 1 saturated heterocycles. The van der Waals surface area contributed by atoms with E-state index in [4.69, 9.17) is 4.74 Å². The van der Waals surface area contributed by atoms with Crippen LogP contribution in [0.15, 0.2) is 41.5 Å². The van der Waals surface area contributed by atoms with Gasteiger partial charge in [0, 0.05) is 25.1 Å². The zero-order valence-electron chi connectivity index (χ0n) is 14.9. The molecule has 7 nitrogen and oxygen atoms in total. The van der Waals surface area contributed by atoms with Crippen LogP contribution in [0.3, 0.4) is 0 Å². The molecule has 0 aliphatic carbocycles. The molecule has 1 aromatic carbocycles. The number of rotatable bonds is 5. The van der Waals surface area contributed by atoms with Crippen molar-refractivity contribution in [3.05, 3.63) is 58.3 Å². The number of para-hydroxylation sites is 1. The van der Waals surface area contributed by atoms with Gasteiger partial charge in [-0.2, -0.15) is 0 Å². The number of likely N-dealkylation sites (tertiary alicyclic amines) is 1. The Morgan fingerprint density at radius 2 is 2.27 bits per heavy atom. The highest BCUT2D eigenvalue weighted by molar-refractivity contribution is 5.74. The van der Waals surface area contributed by atoms with Gasteiger partial charge in [0.2, 0.25) is 0 Å². The number of aromatic amines is 1. The van der Waals surface area contributed by atoms with Gasteiger partial charge in [-0.3, -0.25) is 4.79 Å². The normalized spacial score (nSPS) is 17.0. The van der Waals surface area contributed by atoms with Crippen LogP contribution in [0, 0.1) is 12.8 Å². The first-order chi connectivity index (χ1) is 12.6. The van der Waals surface area contributed by atoms with Crippen molar-refractivity contribution < 1.29 is 9.53 Å². The minimum atomic E-state index is -0.226. The molecule has 7 heteroatoms. The smallest absolute Gasteiger partial charge is 0.317 e. The number of urea groups is 1. The second-order valence-corrected chi connectivity index (χ2v) is 6.59. The van der Waals surface area contributed by atoms with Crippen molar-refractivity contribution in [2.45, 2.75) is 26.3 Å². The number of ether oxygens (including phenoxy) is 1. The fourth-order valence-corrected chi connectivity index (χ4v) is 3.10. The highest BCUT2D eigenvalue weighted by Crippen LogP contribution is 2.21. The highest BCUT2D eigenvalue weighted by Gasteiger charge is 2.24. The SMILES string of the molecule is Cc1ccccc1OC[C@@H]1CCCN(C(=O)NCc2cc(=O)[nH]cn2)C1. The van der Waals surface area contributed by atoms with Gasteiger partial charge in [-0.05, 0) is 31.4 Å². The Labute approximate surface area is 152 Å². The fraction of sp³-hybridized carbons (Fsp3) is 0.421. The lowest BCUT2D eigenvalue weighted by Gasteiger charge is -2.32. The maximum Gasteiger partial charge on any atom is 0.317 e. The molecule has 0 radical (unpaired) electrons. The molecular weight excluding hydrogens is 332 g/mol. The molecule has 1 aromatic heterocycles. The van der Waals surface area contributed by atoms with E-state index in [2.05, 4.69) is 15.3 Å². The molecule has 2 amide bonds. The number of benzene rings is 1. The molecule has 1 atom stereocenters. The van der Waals surface area contributed by atoms with Gasteiger partial charge in [0.25, 0.3) is 5.56 Å². The van der Waals surface area contributed by atoms with E-state index >= 15 is 0 Å². The highest BCUT2D eigenvalue weighted by atomic mass is 16.5. The monoisotopic (exact) mass is 356 g/mol. The van der Waals surface area contributed by atoms with Crippen molar-refractivity contribution in [2.75, 3.05) is 19.7 Å². The van der Waals surface area contributed by atoms with E-state index < -0.39 is 0 Å². The average Bonchev–Trinajstić information content (AvgIpc) is 2.66. The number of H-pyrrole nitrogens is 1.